The van der Waals surface area contributed by atoms with Crippen LogP contribution in [-0.2, 0) is 6.18 Å². The Bertz CT molecular complexity index is 356. The Kier molecular flexibility index (Phi) is 3.05. The Morgan fingerprint density at radius 3 is 2.44 bits per heavy atom. The maximum atomic E-state index is 12.5. The summed E-state index contributed by atoms with van der Waals surface area (Å²) in [5, 5.41) is 4.16. The average Bonchev–Trinajstić information content (AvgIpc) is 2.29. The highest BCUT2D eigenvalue weighted by atomic mass is 19.4. The van der Waals surface area contributed by atoms with Gasteiger partial charge in [-0.05, 0) is 18.2 Å². The molecule has 1 saturated heterocycles. The van der Waals surface area contributed by atoms with Gasteiger partial charge < -0.3 is 4.90 Å². The first-order valence-corrected chi connectivity index (χ1v) is 5.13. The minimum Gasteiger partial charge on any atom is -0.369 e. The van der Waals surface area contributed by atoms with Crippen molar-refractivity contribution in [3.8, 4) is 0 Å². The molecular formula is C11H12F3N2. The van der Waals surface area contributed by atoms with Crippen molar-refractivity contribution in [3.63, 3.8) is 0 Å². The smallest absolute Gasteiger partial charge is 0.369 e. The van der Waals surface area contributed by atoms with Gasteiger partial charge in [0.2, 0.25) is 0 Å². The van der Waals surface area contributed by atoms with Crippen molar-refractivity contribution in [2.75, 3.05) is 31.1 Å². The Morgan fingerprint density at radius 1 is 1.12 bits per heavy atom. The Hall–Kier alpha value is -1.23. The van der Waals surface area contributed by atoms with E-state index in [0.717, 1.165) is 6.07 Å². The predicted molar refractivity (Wildman–Crippen MR) is 55.5 cm³/mol. The summed E-state index contributed by atoms with van der Waals surface area (Å²) in [6.07, 6.45) is -4.27. The van der Waals surface area contributed by atoms with Crippen LogP contribution in [0.5, 0.6) is 0 Å². The van der Waals surface area contributed by atoms with E-state index in [1.165, 1.54) is 12.1 Å². The first kappa shape index (κ1) is 11.3. The van der Waals surface area contributed by atoms with Crippen LogP contribution < -0.4 is 10.2 Å². The van der Waals surface area contributed by atoms with Crippen LogP contribution in [0.2, 0.25) is 0 Å². The number of anilines is 1. The van der Waals surface area contributed by atoms with E-state index < -0.39 is 11.7 Å². The zero-order valence-electron chi connectivity index (χ0n) is 8.67. The highest BCUT2D eigenvalue weighted by Crippen LogP contribution is 2.31. The molecule has 2 nitrogen and oxygen atoms in total. The summed E-state index contributed by atoms with van der Waals surface area (Å²) in [6, 6.07) is 5.45. The molecule has 87 valence electrons. The normalized spacial score (nSPS) is 17.6. The lowest BCUT2D eigenvalue weighted by Gasteiger charge is -2.29. The summed E-state index contributed by atoms with van der Waals surface area (Å²) in [6.45, 7) is 2.77. The fraction of sp³-hybridized carbons (Fsp3) is 0.455. The predicted octanol–water partition coefficient (Wildman–Crippen LogP) is 2.13. The lowest BCUT2D eigenvalue weighted by atomic mass is 10.1. The molecule has 0 amide bonds. The molecule has 0 spiro atoms. The van der Waals surface area contributed by atoms with Gasteiger partial charge in [0, 0.05) is 31.9 Å². The van der Waals surface area contributed by atoms with Gasteiger partial charge in [-0.25, -0.2) is 5.32 Å². The molecule has 1 aliphatic rings. The number of piperazine rings is 1. The van der Waals surface area contributed by atoms with Crippen molar-refractivity contribution in [1.29, 1.82) is 0 Å². The number of nitrogens with zero attached hydrogens (tertiary/aromatic N) is 2. The molecule has 16 heavy (non-hydrogen) atoms. The highest BCUT2D eigenvalue weighted by molar-refractivity contribution is 5.49. The second-order valence-electron chi connectivity index (χ2n) is 3.71. The quantitative estimate of drug-likeness (QED) is 0.721. The molecule has 0 unspecified atom stereocenters. The third-order valence-corrected chi connectivity index (χ3v) is 2.59. The van der Waals surface area contributed by atoms with Gasteiger partial charge in [-0.2, -0.15) is 13.2 Å². The van der Waals surface area contributed by atoms with Crippen molar-refractivity contribution in [1.82, 2.24) is 5.32 Å². The molecular weight excluding hydrogens is 217 g/mol. The minimum absolute atomic E-state index is 0.590. The number of benzene rings is 1. The van der Waals surface area contributed by atoms with E-state index >= 15 is 0 Å². The Morgan fingerprint density at radius 2 is 1.81 bits per heavy atom. The van der Waals surface area contributed by atoms with E-state index in [-0.39, 0.29) is 0 Å². The van der Waals surface area contributed by atoms with Gasteiger partial charge in [-0.1, -0.05) is 6.07 Å². The molecule has 2 rings (SSSR count). The van der Waals surface area contributed by atoms with E-state index in [1.807, 2.05) is 4.90 Å². The van der Waals surface area contributed by atoms with E-state index in [9.17, 15) is 13.2 Å². The molecule has 0 aliphatic carbocycles. The Labute approximate surface area is 92.1 Å². The van der Waals surface area contributed by atoms with Crippen molar-refractivity contribution in [3.05, 3.63) is 29.8 Å². The SMILES string of the molecule is FC(F)(F)c1cccc(N2CC[N]CC2)c1. The van der Waals surface area contributed by atoms with Crippen molar-refractivity contribution < 1.29 is 13.2 Å². The summed E-state index contributed by atoms with van der Waals surface area (Å²) in [7, 11) is 0. The van der Waals surface area contributed by atoms with Crippen LogP contribution in [0.4, 0.5) is 18.9 Å². The van der Waals surface area contributed by atoms with Gasteiger partial charge in [-0.3, -0.25) is 0 Å². The molecule has 0 aromatic heterocycles. The summed E-state index contributed by atoms with van der Waals surface area (Å²) >= 11 is 0. The minimum atomic E-state index is -4.27. The zero-order chi connectivity index (χ0) is 11.6. The molecule has 1 aliphatic heterocycles. The van der Waals surface area contributed by atoms with Gasteiger partial charge in [0.05, 0.1) is 5.56 Å². The molecule has 0 bridgehead atoms. The molecule has 1 radical (unpaired) electrons. The summed E-state index contributed by atoms with van der Waals surface area (Å²) in [4.78, 5) is 1.93. The topological polar surface area (TPSA) is 17.3 Å². The number of hydrogen-bond acceptors (Lipinski definition) is 1. The third-order valence-electron chi connectivity index (χ3n) is 2.59. The van der Waals surface area contributed by atoms with Gasteiger partial charge in [0.25, 0.3) is 0 Å². The summed E-state index contributed by atoms with van der Waals surface area (Å²) in [5.74, 6) is 0. The number of halogens is 3. The fourth-order valence-corrected chi connectivity index (χ4v) is 1.74. The van der Waals surface area contributed by atoms with E-state index in [1.54, 1.807) is 6.07 Å². The molecule has 1 aromatic rings. The van der Waals surface area contributed by atoms with Crippen LogP contribution in [-0.4, -0.2) is 26.2 Å². The standard InChI is InChI=1S/C11H12F3N2/c12-11(13,14)9-2-1-3-10(8-9)16-6-4-15-5-7-16/h1-3,8H,4-7H2. The molecule has 5 heteroatoms. The van der Waals surface area contributed by atoms with Crippen LogP contribution in [0.15, 0.2) is 24.3 Å². The fourth-order valence-electron chi connectivity index (χ4n) is 1.74. The van der Waals surface area contributed by atoms with Crippen LogP contribution in [0.1, 0.15) is 5.56 Å². The molecule has 0 N–H and O–H groups in total. The number of rotatable bonds is 1. The van der Waals surface area contributed by atoms with Crippen molar-refractivity contribution >= 4 is 5.69 Å². The van der Waals surface area contributed by atoms with Gasteiger partial charge >= 0.3 is 6.18 Å². The maximum absolute atomic E-state index is 12.5. The third kappa shape index (κ3) is 2.47. The van der Waals surface area contributed by atoms with Gasteiger partial charge in [-0.15, -0.1) is 0 Å². The van der Waals surface area contributed by atoms with Crippen molar-refractivity contribution in [2.45, 2.75) is 6.18 Å². The van der Waals surface area contributed by atoms with Crippen molar-refractivity contribution in [2.24, 2.45) is 0 Å². The zero-order valence-corrected chi connectivity index (χ0v) is 8.67. The monoisotopic (exact) mass is 229 g/mol. The average molecular weight is 229 g/mol. The second-order valence-corrected chi connectivity index (χ2v) is 3.71. The lowest BCUT2D eigenvalue weighted by Crippen LogP contribution is -2.40. The molecule has 0 atom stereocenters. The summed E-state index contributed by atoms with van der Waals surface area (Å²) < 4.78 is 37.5. The van der Waals surface area contributed by atoms with E-state index in [4.69, 9.17) is 0 Å². The van der Waals surface area contributed by atoms with Crippen LogP contribution in [0, 0.1) is 0 Å². The van der Waals surface area contributed by atoms with Gasteiger partial charge in [0.15, 0.2) is 0 Å². The molecule has 0 saturated carbocycles. The first-order valence-electron chi connectivity index (χ1n) is 5.13. The summed E-state index contributed by atoms with van der Waals surface area (Å²) in [5.41, 5.74) is 0.0391. The number of hydrogen-bond donors (Lipinski definition) is 0. The highest BCUT2D eigenvalue weighted by Gasteiger charge is 2.30. The van der Waals surface area contributed by atoms with Crippen LogP contribution in [0.3, 0.4) is 0 Å². The largest absolute Gasteiger partial charge is 0.416 e. The molecule has 1 fully saturated rings. The first-order chi connectivity index (χ1) is 7.57. The lowest BCUT2D eigenvalue weighted by molar-refractivity contribution is -0.137. The van der Waals surface area contributed by atoms with Gasteiger partial charge in [0.1, 0.15) is 0 Å². The maximum Gasteiger partial charge on any atom is 0.416 e. The Balaban J connectivity index is 2.21. The van der Waals surface area contributed by atoms with E-state index in [0.29, 0.717) is 31.9 Å². The van der Waals surface area contributed by atoms with Crippen LogP contribution in [0.25, 0.3) is 0 Å². The molecule has 1 aromatic carbocycles. The second kappa shape index (κ2) is 4.33. The molecule has 1 heterocycles. The van der Waals surface area contributed by atoms with E-state index in [2.05, 4.69) is 5.32 Å². The van der Waals surface area contributed by atoms with Crippen LogP contribution >= 0.6 is 0 Å². The number of alkyl halides is 3.